The standard InChI is InChI=1S/C17H17N3O3/c1-10(2)12-8-7-11(9-15(12)20(22)23)16-18-14-6-4-3-5-13(14)17(21)19-16/h3-10,16,18H,1-2H3,(H,19,21). The molecule has 1 aliphatic rings. The highest BCUT2D eigenvalue weighted by atomic mass is 16.6. The van der Waals surface area contributed by atoms with Crippen LogP contribution in [0.4, 0.5) is 11.4 Å². The molecule has 3 rings (SSSR count). The van der Waals surface area contributed by atoms with Gasteiger partial charge in [-0.3, -0.25) is 14.9 Å². The number of nitro groups is 1. The Morgan fingerprint density at radius 1 is 1.13 bits per heavy atom. The number of hydrogen-bond acceptors (Lipinski definition) is 4. The van der Waals surface area contributed by atoms with Crippen molar-refractivity contribution in [1.82, 2.24) is 5.32 Å². The van der Waals surface area contributed by atoms with E-state index < -0.39 is 6.17 Å². The Labute approximate surface area is 133 Å². The molecule has 2 aromatic carbocycles. The van der Waals surface area contributed by atoms with Crippen molar-refractivity contribution in [1.29, 1.82) is 0 Å². The molecular weight excluding hydrogens is 294 g/mol. The van der Waals surface area contributed by atoms with Crippen molar-refractivity contribution < 1.29 is 9.72 Å². The molecule has 6 heteroatoms. The Balaban J connectivity index is 1.99. The number of hydrogen-bond donors (Lipinski definition) is 2. The fourth-order valence-corrected chi connectivity index (χ4v) is 2.76. The van der Waals surface area contributed by atoms with Gasteiger partial charge in [-0.2, -0.15) is 0 Å². The van der Waals surface area contributed by atoms with Gasteiger partial charge in [0.25, 0.3) is 11.6 Å². The van der Waals surface area contributed by atoms with Gasteiger partial charge in [-0.25, -0.2) is 0 Å². The molecule has 23 heavy (non-hydrogen) atoms. The second-order valence-corrected chi connectivity index (χ2v) is 5.83. The molecule has 0 saturated carbocycles. The molecular formula is C17H17N3O3. The molecule has 118 valence electrons. The van der Waals surface area contributed by atoms with Gasteiger partial charge in [0.2, 0.25) is 0 Å². The fraction of sp³-hybridized carbons (Fsp3) is 0.235. The van der Waals surface area contributed by atoms with Crippen molar-refractivity contribution in [2.75, 3.05) is 5.32 Å². The maximum atomic E-state index is 12.2. The highest BCUT2D eigenvalue weighted by molar-refractivity contribution is 6.01. The van der Waals surface area contributed by atoms with Crippen molar-refractivity contribution in [3.05, 3.63) is 69.3 Å². The average Bonchev–Trinajstić information content (AvgIpc) is 2.54. The van der Waals surface area contributed by atoms with Crippen LogP contribution < -0.4 is 10.6 Å². The number of rotatable bonds is 3. The zero-order valence-electron chi connectivity index (χ0n) is 12.9. The second kappa shape index (κ2) is 5.72. The lowest BCUT2D eigenvalue weighted by Crippen LogP contribution is -2.38. The van der Waals surface area contributed by atoms with Crippen LogP contribution in [0.5, 0.6) is 0 Å². The summed E-state index contributed by atoms with van der Waals surface area (Å²) in [5.74, 6) is -0.140. The maximum absolute atomic E-state index is 12.2. The predicted octanol–water partition coefficient (Wildman–Crippen LogP) is 3.57. The fourth-order valence-electron chi connectivity index (χ4n) is 2.76. The van der Waals surface area contributed by atoms with E-state index in [0.29, 0.717) is 16.7 Å². The van der Waals surface area contributed by atoms with Crippen LogP contribution in [0.15, 0.2) is 42.5 Å². The summed E-state index contributed by atoms with van der Waals surface area (Å²) in [5.41, 5.74) is 2.70. The monoisotopic (exact) mass is 311 g/mol. The van der Waals surface area contributed by atoms with Crippen LogP contribution in [0.1, 0.15) is 47.4 Å². The van der Waals surface area contributed by atoms with E-state index in [1.165, 1.54) is 6.07 Å². The SMILES string of the molecule is CC(C)c1ccc(C2NC(=O)c3ccccc3N2)cc1[N+](=O)[O-]. The normalized spacial score (nSPS) is 16.5. The van der Waals surface area contributed by atoms with Crippen LogP contribution in [0.3, 0.4) is 0 Å². The molecule has 1 unspecified atom stereocenters. The summed E-state index contributed by atoms with van der Waals surface area (Å²) in [6, 6.07) is 12.3. The van der Waals surface area contributed by atoms with Gasteiger partial charge < -0.3 is 10.6 Å². The Bertz CT molecular complexity index is 786. The third kappa shape index (κ3) is 2.75. The van der Waals surface area contributed by atoms with Crippen molar-refractivity contribution in [3.63, 3.8) is 0 Å². The lowest BCUT2D eigenvalue weighted by molar-refractivity contribution is -0.385. The first-order valence-corrected chi connectivity index (χ1v) is 7.42. The number of amides is 1. The predicted molar refractivity (Wildman–Crippen MR) is 87.5 cm³/mol. The maximum Gasteiger partial charge on any atom is 0.273 e. The molecule has 1 amide bonds. The van der Waals surface area contributed by atoms with Crippen molar-refractivity contribution in [2.24, 2.45) is 0 Å². The largest absolute Gasteiger partial charge is 0.361 e. The van der Waals surface area contributed by atoms with E-state index in [1.54, 1.807) is 18.2 Å². The molecule has 0 fully saturated rings. The van der Waals surface area contributed by atoms with Crippen LogP contribution in [0.25, 0.3) is 0 Å². The number of carbonyl (C=O) groups excluding carboxylic acids is 1. The third-order valence-electron chi connectivity index (χ3n) is 3.95. The lowest BCUT2D eigenvalue weighted by Gasteiger charge is -2.28. The summed E-state index contributed by atoms with van der Waals surface area (Å²) < 4.78 is 0. The average molecular weight is 311 g/mol. The van der Waals surface area contributed by atoms with Crippen LogP contribution in [0.2, 0.25) is 0 Å². The van der Waals surface area contributed by atoms with Crippen LogP contribution in [0, 0.1) is 10.1 Å². The lowest BCUT2D eigenvalue weighted by atomic mass is 9.97. The highest BCUT2D eigenvalue weighted by Gasteiger charge is 2.26. The van der Waals surface area contributed by atoms with Gasteiger partial charge in [0.1, 0.15) is 6.17 Å². The van der Waals surface area contributed by atoms with Gasteiger partial charge in [0.15, 0.2) is 0 Å². The highest BCUT2D eigenvalue weighted by Crippen LogP contribution is 2.32. The zero-order chi connectivity index (χ0) is 16.6. The van der Waals surface area contributed by atoms with Crippen LogP contribution >= 0.6 is 0 Å². The Morgan fingerprint density at radius 3 is 2.57 bits per heavy atom. The van der Waals surface area contributed by atoms with Crippen molar-refractivity contribution in [3.8, 4) is 0 Å². The van der Waals surface area contributed by atoms with Crippen molar-refractivity contribution in [2.45, 2.75) is 25.9 Å². The third-order valence-corrected chi connectivity index (χ3v) is 3.95. The van der Waals surface area contributed by atoms with Gasteiger partial charge in [0, 0.05) is 22.9 Å². The first kappa shape index (κ1) is 15.0. The van der Waals surface area contributed by atoms with Gasteiger partial charge in [-0.15, -0.1) is 0 Å². The molecule has 1 heterocycles. The van der Waals surface area contributed by atoms with E-state index in [-0.39, 0.29) is 22.4 Å². The number of benzene rings is 2. The Kier molecular flexibility index (Phi) is 3.73. The zero-order valence-corrected chi connectivity index (χ0v) is 12.9. The minimum absolute atomic E-state index is 0.0547. The summed E-state index contributed by atoms with van der Waals surface area (Å²) in [6.45, 7) is 3.83. The van der Waals surface area contributed by atoms with Crippen LogP contribution in [-0.4, -0.2) is 10.8 Å². The summed E-state index contributed by atoms with van der Waals surface area (Å²) in [7, 11) is 0. The van der Waals surface area contributed by atoms with Gasteiger partial charge in [-0.1, -0.05) is 38.1 Å². The van der Waals surface area contributed by atoms with E-state index in [2.05, 4.69) is 10.6 Å². The van der Waals surface area contributed by atoms with Crippen LogP contribution in [-0.2, 0) is 0 Å². The Hall–Kier alpha value is -2.89. The molecule has 2 aromatic rings. The molecule has 0 saturated heterocycles. The quantitative estimate of drug-likeness (QED) is 0.670. The van der Waals surface area contributed by atoms with Crippen molar-refractivity contribution >= 4 is 17.3 Å². The molecule has 1 atom stereocenters. The topological polar surface area (TPSA) is 84.3 Å². The number of para-hydroxylation sites is 1. The van der Waals surface area contributed by atoms with E-state index in [9.17, 15) is 14.9 Å². The number of carbonyl (C=O) groups is 1. The Morgan fingerprint density at radius 2 is 1.87 bits per heavy atom. The first-order chi connectivity index (χ1) is 11.0. The number of nitrogens with one attached hydrogen (secondary N) is 2. The number of anilines is 1. The van der Waals surface area contributed by atoms with E-state index >= 15 is 0 Å². The molecule has 0 spiro atoms. The molecule has 6 nitrogen and oxygen atoms in total. The molecule has 2 N–H and O–H groups in total. The van der Waals surface area contributed by atoms with E-state index in [4.69, 9.17) is 0 Å². The minimum atomic E-state index is -0.489. The number of nitrogens with zero attached hydrogens (tertiary/aromatic N) is 1. The number of nitro benzene ring substituents is 1. The molecule has 0 aliphatic carbocycles. The first-order valence-electron chi connectivity index (χ1n) is 7.42. The number of fused-ring (bicyclic) bond motifs is 1. The molecule has 0 aromatic heterocycles. The molecule has 1 aliphatic heterocycles. The van der Waals surface area contributed by atoms with Gasteiger partial charge >= 0.3 is 0 Å². The smallest absolute Gasteiger partial charge is 0.273 e. The van der Waals surface area contributed by atoms with Gasteiger partial charge in [0.05, 0.1) is 10.5 Å². The van der Waals surface area contributed by atoms with Gasteiger partial charge in [-0.05, 0) is 18.1 Å². The second-order valence-electron chi connectivity index (χ2n) is 5.83. The minimum Gasteiger partial charge on any atom is -0.361 e. The molecule has 0 bridgehead atoms. The summed E-state index contributed by atoms with van der Waals surface area (Å²) in [4.78, 5) is 23.1. The van der Waals surface area contributed by atoms with E-state index in [1.807, 2.05) is 32.0 Å². The molecule has 0 radical (unpaired) electrons. The van der Waals surface area contributed by atoms with E-state index in [0.717, 1.165) is 5.69 Å². The summed E-state index contributed by atoms with van der Waals surface area (Å²) in [6.07, 6.45) is -0.489. The summed E-state index contributed by atoms with van der Waals surface area (Å²) in [5, 5.41) is 17.4. The summed E-state index contributed by atoms with van der Waals surface area (Å²) >= 11 is 0.